The normalized spacial score (nSPS) is 14.6. The average molecular weight is 693 g/mol. The molecule has 0 atom stereocenters. The molecule has 0 unspecified atom stereocenters. The molecule has 2 rings (SSSR count). The third-order valence-corrected chi connectivity index (χ3v) is 2.71. The molecule has 0 aliphatic rings. The molecule has 0 fully saturated rings. The number of nitrogens with zero attached hydrogens (tertiary/aromatic N) is 2. The molecule has 37 heavy (non-hydrogen) atoms. The first-order valence-corrected chi connectivity index (χ1v) is 13.6. The van der Waals surface area contributed by atoms with E-state index in [2.05, 4.69) is 20.6 Å². The van der Waals surface area contributed by atoms with Crippen LogP contribution in [-0.4, -0.2) is 49.2 Å². The Morgan fingerprint density at radius 3 is 1.00 bits per heavy atom. The Morgan fingerprint density at radius 1 is 0.541 bits per heavy atom. The number of halogens is 12. The van der Waals surface area contributed by atoms with E-state index in [0.29, 0.717) is 13.1 Å². The van der Waals surface area contributed by atoms with Crippen LogP contribution in [0.1, 0.15) is 0 Å². The van der Waals surface area contributed by atoms with Gasteiger partial charge in [0.15, 0.2) is 0 Å². The summed E-state index contributed by atoms with van der Waals surface area (Å²) in [4.78, 5) is 8.37. The Labute approximate surface area is 217 Å². The fraction of sp³-hybridized carbons (Fsp3) is 0.375. The van der Waals surface area contributed by atoms with E-state index >= 15 is 0 Å². The first-order valence-electron chi connectivity index (χ1n) is 9.55. The van der Waals surface area contributed by atoms with Crippen LogP contribution in [0.3, 0.4) is 0 Å². The van der Waals surface area contributed by atoms with Crippen molar-refractivity contribution in [2.75, 3.05) is 39.3 Å². The summed E-state index contributed by atoms with van der Waals surface area (Å²) in [7, 11) is -21.3. The van der Waals surface area contributed by atoms with Crippen LogP contribution in [0.5, 0.6) is 0 Å². The molecule has 218 valence electrons. The van der Waals surface area contributed by atoms with Crippen molar-refractivity contribution in [2.45, 2.75) is 0 Å². The summed E-state index contributed by atoms with van der Waals surface area (Å²) in [6, 6.07) is 11.6. The second kappa shape index (κ2) is 14.2. The third kappa shape index (κ3) is 56.2. The number of hydrogen-bond donors (Lipinski definition) is 4. The maximum absolute atomic E-state index is 10.7. The van der Waals surface area contributed by atoms with E-state index < -0.39 is 15.6 Å². The molecule has 2 heterocycles. The first-order chi connectivity index (χ1) is 15.8. The van der Waals surface area contributed by atoms with Crippen molar-refractivity contribution >= 4 is 15.6 Å². The molecule has 0 amide bonds. The summed E-state index contributed by atoms with van der Waals surface area (Å²) in [5.74, 6) is 0. The summed E-state index contributed by atoms with van der Waals surface area (Å²) in [6.07, 6.45) is 3.54. The fourth-order valence-electron chi connectivity index (χ4n) is 1.66. The summed E-state index contributed by atoms with van der Waals surface area (Å²) in [5, 5.41) is 6.33. The first kappa shape index (κ1) is 40.3. The number of nitrogens with two attached hydrogens (primary N) is 2. The smallest absolute Gasteiger partial charge is 0.329 e. The summed E-state index contributed by atoms with van der Waals surface area (Å²) in [5.41, 5.74) is 12.4. The van der Waals surface area contributed by atoms with Crippen molar-refractivity contribution in [3.05, 3.63) is 48.8 Å². The Hall–Kier alpha value is -1.22. The van der Waals surface area contributed by atoms with Gasteiger partial charge in [0.05, 0.1) is 11.4 Å². The van der Waals surface area contributed by atoms with E-state index in [1.165, 1.54) is 0 Å². The Balaban J connectivity index is -0.000000426. The van der Waals surface area contributed by atoms with Gasteiger partial charge in [0.1, 0.15) is 0 Å². The second-order valence-corrected chi connectivity index (χ2v) is 10.3. The van der Waals surface area contributed by atoms with Gasteiger partial charge in [0.25, 0.3) is 0 Å². The number of hydrogen-bond acceptors (Lipinski definition) is 6. The van der Waals surface area contributed by atoms with Gasteiger partial charge in [-0.1, -0.05) is 12.1 Å². The van der Waals surface area contributed by atoms with Gasteiger partial charge in [-0.2, -0.15) is 0 Å². The molecular weight excluding hydrogens is 667 g/mol. The van der Waals surface area contributed by atoms with E-state index in [9.17, 15) is 50.4 Å². The largest absolute Gasteiger partial charge is 6.00 e. The van der Waals surface area contributed by atoms with Gasteiger partial charge in [-0.05, 0) is 24.3 Å². The minimum absolute atomic E-state index is 0. The molecule has 0 aromatic carbocycles. The van der Waals surface area contributed by atoms with Crippen molar-refractivity contribution in [3.8, 4) is 11.4 Å². The van der Waals surface area contributed by atoms with Gasteiger partial charge in [-0.3, -0.25) is 9.97 Å². The molecule has 0 spiro atoms. The van der Waals surface area contributed by atoms with Crippen LogP contribution >= 0.6 is 15.6 Å². The summed E-state index contributed by atoms with van der Waals surface area (Å²) < 4.78 is 118. The molecule has 2 aromatic heterocycles. The van der Waals surface area contributed by atoms with Crippen molar-refractivity contribution in [1.82, 2.24) is 20.6 Å². The Bertz CT molecular complexity index is 760. The Kier molecular flexibility index (Phi) is 15.5. The van der Waals surface area contributed by atoms with Crippen molar-refractivity contribution in [1.29, 1.82) is 0 Å². The zero-order chi connectivity index (χ0) is 28.7. The van der Waals surface area contributed by atoms with E-state index in [4.69, 9.17) is 11.5 Å². The zero-order valence-corrected chi connectivity index (χ0v) is 22.2. The van der Waals surface area contributed by atoms with Crippen LogP contribution in [0.15, 0.2) is 48.8 Å². The van der Waals surface area contributed by atoms with Crippen LogP contribution in [0.4, 0.5) is 50.4 Å². The molecule has 2 aromatic rings. The number of nitrogens with one attached hydrogen (secondary N) is 2. The maximum Gasteiger partial charge on any atom is 6.00 e. The predicted molar refractivity (Wildman–Crippen MR) is 118 cm³/mol. The summed E-state index contributed by atoms with van der Waals surface area (Å²) in [6.45, 7) is 5.14. The molecule has 21 heteroatoms. The maximum atomic E-state index is 9.87. The molecule has 0 saturated carbocycles. The molecule has 0 saturated heterocycles. The van der Waals surface area contributed by atoms with Gasteiger partial charge < -0.3 is 22.1 Å². The average Bonchev–Trinajstić information content (AvgIpc) is 2.68. The van der Waals surface area contributed by atoms with E-state index in [1.54, 1.807) is 12.4 Å². The quantitative estimate of drug-likeness (QED) is 0.103. The molecule has 0 aliphatic carbocycles. The van der Waals surface area contributed by atoms with Crippen LogP contribution in [0.25, 0.3) is 11.4 Å². The number of pyridine rings is 2. The summed E-state index contributed by atoms with van der Waals surface area (Å²) >= 11 is 0. The molecule has 6 nitrogen and oxygen atoms in total. The van der Waals surface area contributed by atoms with E-state index in [0.717, 1.165) is 37.6 Å². The fourth-order valence-corrected chi connectivity index (χ4v) is 1.66. The van der Waals surface area contributed by atoms with Crippen LogP contribution < -0.4 is 22.1 Å². The molecule has 0 bridgehead atoms. The van der Waals surface area contributed by atoms with Crippen LogP contribution in [0, 0.1) is 0 Å². The minimum Gasteiger partial charge on any atom is -0.329 e. The number of aromatic nitrogens is 2. The minimum atomic E-state index is -10.7. The molecule has 0 radical (unpaired) electrons. The molecular formula is C16H26F12N6P2Ru+4. The third-order valence-electron chi connectivity index (χ3n) is 2.71. The van der Waals surface area contributed by atoms with Gasteiger partial charge in [0, 0.05) is 51.7 Å². The second-order valence-electron chi connectivity index (χ2n) is 6.42. The standard InChI is InChI=1S/C10H8N2.C6H18N4.2F6P.Ru/c1-3-7-11-9(5-1)10-6-2-4-8-12-10;7-1-3-9-5-6-10-4-2-8;2*1-7(2,3,4,5)6;/h1-8H;9-10H,1-8H2;;;/q;;2*-1;+6. The molecule has 6 N–H and O–H groups in total. The van der Waals surface area contributed by atoms with Crippen molar-refractivity contribution in [3.63, 3.8) is 0 Å². The van der Waals surface area contributed by atoms with Crippen LogP contribution in [0.2, 0.25) is 0 Å². The van der Waals surface area contributed by atoms with Crippen molar-refractivity contribution in [2.24, 2.45) is 11.5 Å². The predicted octanol–water partition coefficient (Wildman–Crippen LogP) is 6.99. The van der Waals surface area contributed by atoms with Gasteiger partial charge in [-0.15, -0.1) is 0 Å². The number of rotatable bonds is 8. The van der Waals surface area contributed by atoms with Gasteiger partial charge >= 0.3 is 85.5 Å². The zero-order valence-electron chi connectivity index (χ0n) is 18.7. The van der Waals surface area contributed by atoms with Gasteiger partial charge in [0.2, 0.25) is 0 Å². The van der Waals surface area contributed by atoms with E-state index in [1.807, 2.05) is 36.4 Å². The monoisotopic (exact) mass is 694 g/mol. The Morgan fingerprint density at radius 2 is 0.811 bits per heavy atom. The van der Waals surface area contributed by atoms with Gasteiger partial charge in [-0.25, -0.2) is 0 Å². The topological polar surface area (TPSA) is 102 Å². The van der Waals surface area contributed by atoms with Crippen molar-refractivity contribution < 1.29 is 69.8 Å². The SMILES string of the molecule is F[P-](F)(F)(F)(F)F.F[P-](F)(F)(F)(F)F.NCCNCCNCCN.[Ru+6].c1ccc(-c2ccccn2)nc1. The molecule has 0 aliphatic heterocycles. The van der Waals surface area contributed by atoms with E-state index in [-0.39, 0.29) is 19.5 Å². The van der Waals surface area contributed by atoms with Crippen LogP contribution in [-0.2, 0) is 19.5 Å².